The normalized spacial score (nSPS) is 11.8. The van der Waals surface area contributed by atoms with E-state index in [1.165, 1.54) is 12.1 Å². The predicted octanol–water partition coefficient (Wildman–Crippen LogP) is 0.541. The molecule has 0 aromatic heterocycles. The summed E-state index contributed by atoms with van der Waals surface area (Å²) in [4.78, 5) is 22.5. The van der Waals surface area contributed by atoms with E-state index in [4.69, 9.17) is 14.9 Å². The van der Waals surface area contributed by atoms with Crippen molar-refractivity contribution in [3.05, 3.63) is 29.8 Å². The third kappa shape index (κ3) is 5.39. The molecule has 0 saturated carbocycles. The van der Waals surface area contributed by atoms with E-state index >= 15 is 0 Å². The lowest BCUT2D eigenvalue weighted by Gasteiger charge is -2.14. The second-order valence-corrected chi connectivity index (χ2v) is 3.97. The fourth-order valence-electron chi connectivity index (χ4n) is 1.50. The minimum atomic E-state index is -1.11. The maximum atomic E-state index is 11.4. The molecule has 1 aromatic rings. The zero-order chi connectivity index (χ0) is 14.3. The van der Waals surface area contributed by atoms with Crippen LogP contribution in [0.4, 0.5) is 0 Å². The number of carboxylic acid groups (broad SMARTS) is 1. The SMILES string of the molecule is CCOCC(=O)NC(Cc1ccc(O)cc1)C(=O)O. The van der Waals surface area contributed by atoms with Gasteiger partial charge in [0.1, 0.15) is 18.4 Å². The van der Waals surface area contributed by atoms with E-state index in [0.717, 1.165) is 0 Å². The maximum absolute atomic E-state index is 11.4. The predicted molar refractivity (Wildman–Crippen MR) is 67.9 cm³/mol. The quantitative estimate of drug-likeness (QED) is 0.670. The molecule has 6 heteroatoms. The molecule has 1 aromatic carbocycles. The number of hydrogen-bond acceptors (Lipinski definition) is 4. The molecular formula is C13H17NO5. The highest BCUT2D eigenvalue weighted by atomic mass is 16.5. The number of phenolic OH excluding ortho intramolecular Hbond substituents is 1. The molecule has 0 saturated heterocycles. The van der Waals surface area contributed by atoms with Gasteiger partial charge in [0.25, 0.3) is 0 Å². The summed E-state index contributed by atoms with van der Waals surface area (Å²) in [6.07, 6.45) is 0.146. The average molecular weight is 267 g/mol. The van der Waals surface area contributed by atoms with Crippen LogP contribution in [0.5, 0.6) is 5.75 Å². The third-order valence-electron chi connectivity index (χ3n) is 2.45. The van der Waals surface area contributed by atoms with E-state index < -0.39 is 17.9 Å². The number of carbonyl (C=O) groups excluding carboxylic acids is 1. The topological polar surface area (TPSA) is 95.9 Å². The van der Waals surface area contributed by atoms with Gasteiger partial charge >= 0.3 is 5.97 Å². The lowest BCUT2D eigenvalue weighted by Crippen LogP contribution is -2.43. The molecular weight excluding hydrogens is 250 g/mol. The van der Waals surface area contributed by atoms with E-state index in [1.807, 2.05) is 0 Å². The van der Waals surface area contributed by atoms with Crippen LogP contribution in [-0.2, 0) is 20.7 Å². The minimum absolute atomic E-state index is 0.107. The number of benzene rings is 1. The fourth-order valence-corrected chi connectivity index (χ4v) is 1.50. The lowest BCUT2D eigenvalue weighted by atomic mass is 10.1. The van der Waals surface area contributed by atoms with E-state index in [9.17, 15) is 9.59 Å². The molecule has 0 aliphatic heterocycles. The Kier molecular flexibility index (Phi) is 5.81. The van der Waals surface area contributed by atoms with Crippen LogP contribution >= 0.6 is 0 Å². The summed E-state index contributed by atoms with van der Waals surface area (Å²) >= 11 is 0. The first-order valence-electron chi connectivity index (χ1n) is 5.90. The van der Waals surface area contributed by atoms with Gasteiger partial charge in [0.05, 0.1) is 0 Å². The number of nitrogens with one attached hydrogen (secondary N) is 1. The Morgan fingerprint density at radius 1 is 1.32 bits per heavy atom. The summed E-state index contributed by atoms with van der Waals surface area (Å²) in [7, 11) is 0. The maximum Gasteiger partial charge on any atom is 0.326 e. The molecule has 1 amide bonds. The molecule has 0 bridgehead atoms. The smallest absolute Gasteiger partial charge is 0.326 e. The first-order chi connectivity index (χ1) is 9.02. The molecule has 0 aliphatic carbocycles. The second-order valence-electron chi connectivity index (χ2n) is 3.97. The highest BCUT2D eigenvalue weighted by Crippen LogP contribution is 2.11. The van der Waals surface area contributed by atoms with Gasteiger partial charge in [-0.05, 0) is 24.6 Å². The first-order valence-corrected chi connectivity index (χ1v) is 5.90. The Hall–Kier alpha value is -2.08. The van der Waals surface area contributed by atoms with Gasteiger partial charge in [-0.25, -0.2) is 4.79 Å². The Balaban J connectivity index is 2.60. The lowest BCUT2D eigenvalue weighted by molar-refractivity contribution is -0.142. The monoisotopic (exact) mass is 267 g/mol. The molecule has 6 nitrogen and oxygen atoms in total. The molecule has 1 atom stereocenters. The molecule has 1 rings (SSSR count). The number of aliphatic carboxylic acids is 1. The molecule has 0 spiro atoms. The Bertz CT molecular complexity index is 429. The molecule has 3 N–H and O–H groups in total. The van der Waals surface area contributed by atoms with Crippen molar-refractivity contribution in [2.24, 2.45) is 0 Å². The highest BCUT2D eigenvalue weighted by Gasteiger charge is 2.20. The zero-order valence-electron chi connectivity index (χ0n) is 10.6. The van der Waals surface area contributed by atoms with Crippen LogP contribution in [0.1, 0.15) is 12.5 Å². The summed E-state index contributed by atoms with van der Waals surface area (Å²) in [5.41, 5.74) is 0.710. The summed E-state index contributed by atoms with van der Waals surface area (Å²) in [5, 5.41) is 20.6. The van der Waals surface area contributed by atoms with Crippen LogP contribution in [0.25, 0.3) is 0 Å². The van der Waals surface area contributed by atoms with E-state index in [-0.39, 0.29) is 18.8 Å². The van der Waals surface area contributed by atoms with Crippen molar-refractivity contribution in [1.82, 2.24) is 5.32 Å². The van der Waals surface area contributed by atoms with E-state index in [2.05, 4.69) is 5.32 Å². The van der Waals surface area contributed by atoms with Crippen LogP contribution in [0, 0.1) is 0 Å². The molecule has 1 unspecified atom stereocenters. The van der Waals surface area contributed by atoms with Crippen molar-refractivity contribution in [3.63, 3.8) is 0 Å². The molecule has 0 fully saturated rings. The zero-order valence-corrected chi connectivity index (χ0v) is 10.6. The largest absolute Gasteiger partial charge is 0.508 e. The first kappa shape index (κ1) is 15.0. The van der Waals surface area contributed by atoms with Crippen molar-refractivity contribution < 1.29 is 24.5 Å². The van der Waals surface area contributed by atoms with E-state index in [1.54, 1.807) is 19.1 Å². The summed E-state index contributed by atoms with van der Waals surface area (Å²) in [6.45, 7) is 1.98. The number of carbonyl (C=O) groups is 2. The van der Waals surface area contributed by atoms with Crippen molar-refractivity contribution in [2.75, 3.05) is 13.2 Å². The number of carboxylic acids is 1. The van der Waals surface area contributed by atoms with Gasteiger partial charge in [0.15, 0.2) is 0 Å². The van der Waals surface area contributed by atoms with Crippen LogP contribution in [0.15, 0.2) is 24.3 Å². The van der Waals surface area contributed by atoms with Crippen molar-refractivity contribution in [1.29, 1.82) is 0 Å². The number of aromatic hydroxyl groups is 1. The molecule has 0 radical (unpaired) electrons. The van der Waals surface area contributed by atoms with Crippen LogP contribution in [0.3, 0.4) is 0 Å². The Labute approximate surface area is 111 Å². The van der Waals surface area contributed by atoms with Crippen molar-refractivity contribution in [2.45, 2.75) is 19.4 Å². The number of rotatable bonds is 7. The van der Waals surface area contributed by atoms with Gasteiger partial charge < -0.3 is 20.3 Å². The molecule has 0 aliphatic rings. The van der Waals surface area contributed by atoms with E-state index in [0.29, 0.717) is 12.2 Å². The van der Waals surface area contributed by atoms with Gasteiger partial charge in [-0.1, -0.05) is 12.1 Å². The highest BCUT2D eigenvalue weighted by molar-refractivity contribution is 5.84. The standard InChI is InChI=1S/C13H17NO5/c1-2-19-8-12(16)14-11(13(17)18)7-9-3-5-10(15)6-4-9/h3-6,11,15H,2,7-8H2,1H3,(H,14,16)(H,17,18). The molecule has 19 heavy (non-hydrogen) atoms. The second kappa shape index (κ2) is 7.38. The van der Waals surface area contributed by atoms with Crippen molar-refractivity contribution in [3.8, 4) is 5.75 Å². The number of hydrogen-bond donors (Lipinski definition) is 3. The summed E-state index contributed by atoms with van der Waals surface area (Å²) < 4.78 is 4.90. The molecule has 0 heterocycles. The summed E-state index contributed by atoms with van der Waals surface area (Å²) in [5.74, 6) is -1.47. The van der Waals surface area contributed by atoms with Crippen LogP contribution in [-0.4, -0.2) is 41.3 Å². The van der Waals surface area contributed by atoms with Gasteiger partial charge in [-0.2, -0.15) is 0 Å². The minimum Gasteiger partial charge on any atom is -0.508 e. The van der Waals surface area contributed by atoms with Crippen molar-refractivity contribution >= 4 is 11.9 Å². The summed E-state index contributed by atoms with van der Waals surface area (Å²) in [6, 6.07) is 5.14. The van der Waals surface area contributed by atoms with Gasteiger partial charge in [0, 0.05) is 13.0 Å². The van der Waals surface area contributed by atoms with Gasteiger partial charge in [-0.3, -0.25) is 4.79 Å². The fraction of sp³-hybridized carbons (Fsp3) is 0.385. The van der Waals surface area contributed by atoms with Crippen LogP contribution < -0.4 is 5.32 Å². The Morgan fingerprint density at radius 3 is 2.47 bits per heavy atom. The number of ether oxygens (including phenoxy) is 1. The van der Waals surface area contributed by atoms with Crippen LogP contribution in [0.2, 0.25) is 0 Å². The Morgan fingerprint density at radius 2 is 1.95 bits per heavy atom. The average Bonchev–Trinajstić information content (AvgIpc) is 2.38. The molecule has 104 valence electrons. The number of amides is 1. The van der Waals surface area contributed by atoms with Gasteiger partial charge in [0.2, 0.25) is 5.91 Å². The van der Waals surface area contributed by atoms with Gasteiger partial charge in [-0.15, -0.1) is 0 Å². The number of phenols is 1. The third-order valence-corrected chi connectivity index (χ3v) is 2.45.